The van der Waals surface area contributed by atoms with Crippen molar-refractivity contribution in [3.8, 4) is 11.4 Å². The third-order valence-corrected chi connectivity index (χ3v) is 3.87. The topological polar surface area (TPSA) is 42.3 Å². The first-order chi connectivity index (χ1) is 10.3. The highest BCUT2D eigenvalue weighted by Crippen LogP contribution is 2.23. The standard InChI is InChI=1S/C16H22N4O/c1-13-11-19(10-9-17-13)12-14-7-8-18-20(14)15-5-3-4-6-16(15)21-2/h3-8,13,17H,9-12H2,1-2H3/t13-/m0/s1. The molecular formula is C16H22N4O. The number of para-hydroxylation sites is 2. The van der Waals surface area contributed by atoms with E-state index in [4.69, 9.17) is 4.74 Å². The first-order valence-electron chi connectivity index (χ1n) is 7.40. The average Bonchev–Trinajstić information content (AvgIpc) is 2.95. The van der Waals surface area contributed by atoms with Gasteiger partial charge < -0.3 is 10.1 Å². The minimum absolute atomic E-state index is 0.543. The Labute approximate surface area is 125 Å². The lowest BCUT2D eigenvalue weighted by Crippen LogP contribution is -2.48. The third kappa shape index (κ3) is 3.09. The lowest BCUT2D eigenvalue weighted by Gasteiger charge is -2.31. The Kier molecular flexibility index (Phi) is 4.22. The molecule has 1 N–H and O–H groups in total. The summed E-state index contributed by atoms with van der Waals surface area (Å²) in [7, 11) is 1.69. The van der Waals surface area contributed by atoms with Gasteiger partial charge >= 0.3 is 0 Å². The summed E-state index contributed by atoms with van der Waals surface area (Å²) in [5, 5.41) is 7.95. The lowest BCUT2D eigenvalue weighted by atomic mass is 10.2. The molecule has 2 heterocycles. The molecule has 1 aliphatic heterocycles. The van der Waals surface area contributed by atoms with Gasteiger partial charge in [-0.2, -0.15) is 5.10 Å². The monoisotopic (exact) mass is 286 g/mol. The normalized spacial score (nSPS) is 19.6. The van der Waals surface area contributed by atoms with Crippen LogP contribution in [0, 0.1) is 0 Å². The van der Waals surface area contributed by atoms with Crippen molar-refractivity contribution in [2.45, 2.75) is 19.5 Å². The van der Waals surface area contributed by atoms with Gasteiger partial charge in [0, 0.05) is 38.4 Å². The Balaban J connectivity index is 1.83. The van der Waals surface area contributed by atoms with Gasteiger partial charge in [0.05, 0.1) is 12.8 Å². The number of aromatic nitrogens is 2. The Morgan fingerprint density at radius 1 is 1.33 bits per heavy atom. The van der Waals surface area contributed by atoms with Gasteiger partial charge in [-0.15, -0.1) is 0 Å². The van der Waals surface area contributed by atoms with Gasteiger partial charge in [-0.25, -0.2) is 4.68 Å². The van der Waals surface area contributed by atoms with Crippen molar-refractivity contribution in [2.75, 3.05) is 26.7 Å². The van der Waals surface area contributed by atoms with Crippen LogP contribution in [0.15, 0.2) is 36.5 Å². The molecule has 112 valence electrons. The maximum atomic E-state index is 5.45. The van der Waals surface area contributed by atoms with E-state index in [0.717, 1.165) is 37.6 Å². The summed E-state index contributed by atoms with van der Waals surface area (Å²) in [6, 6.07) is 10.6. The lowest BCUT2D eigenvalue weighted by molar-refractivity contribution is 0.196. The highest BCUT2D eigenvalue weighted by Gasteiger charge is 2.18. The van der Waals surface area contributed by atoms with Crippen molar-refractivity contribution in [3.63, 3.8) is 0 Å². The average molecular weight is 286 g/mol. The van der Waals surface area contributed by atoms with Crippen LogP contribution >= 0.6 is 0 Å². The summed E-state index contributed by atoms with van der Waals surface area (Å²) in [6.45, 7) is 6.32. The van der Waals surface area contributed by atoms with Crippen LogP contribution in [0.4, 0.5) is 0 Å². The molecule has 0 amide bonds. The highest BCUT2D eigenvalue weighted by molar-refractivity contribution is 5.46. The van der Waals surface area contributed by atoms with Crippen LogP contribution in [0.3, 0.4) is 0 Å². The molecule has 1 aromatic carbocycles. The molecule has 1 fully saturated rings. The zero-order chi connectivity index (χ0) is 14.7. The molecule has 0 spiro atoms. The SMILES string of the molecule is COc1ccccc1-n1nccc1CN1CCN[C@@H](C)C1. The molecule has 1 saturated heterocycles. The van der Waals surface area contributed by atoms with Crippen LogP contribution in [-0.2, 0) is 6.54 Å². The van der Waals surface area contributed by atoms with Crippen molar-refractivity contribution in [1.29, 1.82) is 0 Å². The number of piperazine rings is 1. The fourth-order valence-corrected chi connectivity index (χ4v) is 2.86. The van der Waals surface area contributed by atoms with E-state index in [1.807, 2.05) is 35.1 Å². The molecule has 0 unspecified atom stereocenters. The Bertz CT molecular complexity index is 595. The van der Waals surface area contributed by atoms with Crippen molar-refractivity contribution < 1.29 is 4.74 Å². The number of rotatable bonds is 4. The van der Waals surface area contributed by atoms with Crippen LogP contribution < -0.4 is 10.1 Å². The zero-order valence-electron chi connectivity index (χ0n) is 12.6. The van der Waals surface area contributed by atoms with E-state index in [1.54, 1.807) is 7.11 Å². The fourth-order valence-electron chi connectivity index (χ4n) is 2.86. The Morgan fingerprint density at radius 2 is 2.19 bits per heavy atom. The molecule has 0 radical (unpaired) electrons. The molecule has 0 bridgehead atoms. The molecule has 1 atom stereocenters. The molecule has 0 aliphatic carbocycles. The van der Waals surface area contributed by atoms with Crippen molar-refractivity contribution in [1.82, 2.24) is 20.0 Å². The van der Waals surface area contributed by atoms with Crippen molar-refractivity contribution >= 4 is 0 Å². The van der Waals surface area contributed by atoms with Gasteiger partial charge in [0.25, 0.3) is 0 Å². The van der Waals surface area contributed by atoms with E-state index < -0.39 is 0 Å². The second-order valence-electron chi connectivity index (χ2n) is 5.50. The summed E-state index contributed by atoms with van der Waals surface area (Å²) >= 11 is 0. The van der Waals surface area contributed by atoms with Crippen LogP contribution in [0.2, 0.25) is 0 Å². The van der Waals surface area contributed by atoms with Crippen LogP contribution in [-0.4, -0.2) is 47.5 Å². The first kappa shape index (κ1) is 14.1. The number of nitrogens with one attached hydrogen (secondary N) is 1. The van der Waals surface area contributed by atoms with Gasteiger partial charge in [0.15, 0.2) is 0 Å². The molecule has 21 heavy (non-hydrogen) atoms. The minimum Gasteiger partial charge on any atom is -0.494 e. The van der Waals surface area contributed by atoms with Crippen molar-refractivity contribution in [2.24, 2.45) is 0 Å². The fraction of sp³-hybridized carbons (Fsp3) is 0.438. The van der Waals surface area contributed by atoms with Crippen LogP contribution in [0.25, 0.3) is 5.69 Å². The predicted octanol–water partition coefficient (Wildman–Crippen LogP) is 1.67. The smallest absolute Gasteiger partial charge is 0.144 e. The van der Waals surface area contributed by atoms with Gasteiger partial charge in [-0.3, -0.25) is 4.90 Å². The molecule has 1 aromatic heterocycles. The third-order valence-electron chi connectivity index (χ3n) is 3.87. The Hall–Kier alpha value is -1.85. The van der Waals surface area contributed by atoms with E-state index in [2.05, 4.69) is 28.3 Å². The molecule has 5 heteroatoms. The highest BCUT2D eigenvalue weighted by atomic mass is 16.5. The first-order valence-corrected chi connectivity index (χ1v) is 7.40. The van der Waals surface area contributed by atoms with Gasteiger partial charge in [-0.1, -0.05) is 12.1 Å². The number of ether oxygens (including phenoxy) is 1. The van der Waals surface area contributed by atoms with Gasteiger partial charge in [-0.05, 0) is 25.1 Å². The summed E-state index contributed by atoms with van der Waals surface area (Å²) in [6.07, 6.45) is 1.85. The van der Waals surface area contributed by atoms with E-state index >= 15 is 0 Å². The number of hydrogen-bond acceptors (Lipinski definition) is 4. The summed E-state index contributed by atoms with van der Waals surface area (Å²) in [5.41, 5.74) is 2.18. The summed E-state index contributed by atoms with van der Waals surface area (Å²) in [5.74, 6) is 0.844. The number of methoxy groups -OCH3 is 1. The number of hydrogen-bond donors (Lipinski definition) is 1. The van der Waals surface area contributed by atoms with Gasteiger partial charge in [0.1, 0.15) is 11.4 Å². The van der Waals surface area contributed by atoms with Crippen LogP contribution in [0.5, 0.6) is 5.75 Å². The molecule has 0 saturated carbocycles. The number of benzene rings is 1. The maximum Gasteiger partial charge on any atom is 0.144 e. The van der Waals surface area contributed by atoms with E-state index in [9.17, 15) is 0 Å². The second kappa shape index (κ2) is 6.28. The summed E-state index contributed by atoms with van der Waals surface area (Å²) < 4.78 is 7.42. The molecular weight excluding hydrogens is 264 g/mol. The molecule has 3 rings (SSSR count). The summed E-state index contributed by atoms with van der Waals surface area (Å²) in [4.78, 5) is 2.46. The van der Waals surface area contributed by atoms with E-state index in [-0.39, 0.29) is 0 Å². The van der Waals surface area contributed by atoms with E-state index in [1.165, 1.54) is 5.69 Å². The largest absolute Gasteiger partial charge is 0.494 e. The zero-order valence-corrected chi connectivity index (χ0v) is 12.6. The van der Waals surface area contributed by atoms with Crippen molar-refractivity contribution in [3.05, 3.63) is 42.2 Å². The quantitative estimate of drug-likeness (QED) is 0.928. The predicted molar refractivity (Wildman–Crippen MR) is 82.9 cm³/mol. The van der Waals surface area contributed by atoms with Gasteiger partial charge in [0.2, 0.25) is 0 Å². The van der Waals surface area contributed by atoms with E-state index in [0.29, 0.717) is 6.04 Å². The molecule has 5 nitrogen and oxygen atoms in total. The minimum atomic E-state index is 0.543. The maximum absolute atomic E-state index is 5.45. The Morgan fingerprint density at radius 3 is 3.00 bits per heavy atom. The molecule has 1 aliphatic rings. The number of nitrogens with zero attached hydrogens (tertiary/aromatic N) is 3. The molecule has 2 aromatic rings. The van der Waals surface area contributed by atoms with Crippen LogP contribution in [0.1, 0.15) is 12.6 Å². The second-order valence-corrected chi connectivity index (χ2v) is 5.50.